The van der Waals surface area contributed by atoms with Crippen LogP contribution in [0.15, 0.2) is 24.3 Å². The molecule has 1 rings (SSSR count). The fraction of sp³-hybridized carbons (Fsp3) is 0.560. The van der Waals surface area contributed by atoms with Crippen molar-refractivity contribution in [3.63, 3.8) is 0 Å². The summed E-state index contributed by atoms with van der Waals surface area (Å²) in [6.07, 6.45) is 0.719. The van der Waals surface area contributed by atoms with Gasteiger partial charge in [-0.2, -0.15) is 0 Å². The Bertz CT molecular complexity index is 954. The van der Waals surface area contributed by atoms with Crippen LogP contribution in [0.1, 0.15) is 51.5 Å². The minimum atomic E-state index is -1.30. The lowest BCUT2D eigenvalue weighted by Crippen LogP contribution is -2.58. The van der Waals surface area contributed by atoms with Crippen molar-refractivity contribution < 1.29 is 34.2 Å². The summed E-state index contributed by atoms with van der Waals surface area (Å²) in [5.41, 5.74) is 17.2. The van der Waals surface area contributed by atoms with E-state index in [4.69, 9.17) is 17.2 Å². The molecule has 0 aliphatic carbocycles. The number of primary amides is 1. The summed E-state index contributed by atoms with van der Waals surface area (Å²) in [5, 5.41) is 26.5. The summed E-state index contributed by atoms with van der Waals surface area (Å²) in [7, 11) is 0. The van der Waals surface area contributed by atoms with Crippen LogP contribution in [0.25, 0.3) is 0 Å². The Labute approximate surface area is 221 Å². The van der Waals surface area contributed by atoms with Gasteiger partial charge in [0.2, 0.25) is 23.6 Å². The Morgan fingerprint density at radius 1 is 0.842 bits per heavy atom. The molecule has 13 heteroatoms. The van der Waals surface area contributed by atoms with Crippen molar-refractivity contribution in [3.8, 4) is 5.75 Å². The third-order valence-corrected chi connectivity index (χ3v) is 5.90. The second-order valence-corrected chi connectivity index (χ2v) is 9.45. The van der Waals surface area contributed by atoms with Crippen LogP contribution in [0.2, 0.25) is 0 Å². The zero-order valence-electron chi connectivity index (χ0n) is 21.8. The van der Waals surface area contributed by atoms with Gasteiger partial charge >= 0.3 is 5.97 Å². The van der Waals surface area contributed by atoms with Gasteiger partial charge in [-0.3, -0.25) is 19.2 Å². The van der Waals surface area contributed by atoms with Crippen LogP contribution < -0.4 is 33.2 Å². The number of aliphatic carboxylic acids is 1. The number of rotatable bonds is 17. The highest BCUT2D eigenvalue weighted by Gasteiger charge is 2.31. The Morgan fingerprint density at radius 2 is 1.39 bits per heavy atom. The number of nitrogens with one attached hydrogen (secondary N) is 3. The molecule has 0 saturated carbocycles. The summed E-state index contributed by atoms with van der Waals surface area (Å²) in [5.74, 6) is -4.31. The number of carboxylic acids is 1. The molecule has 4 atom stereocenters. The fourth-order valence-electron chi connectivity index (χ4n) is 3.50. The number of nitrogens with two attached hydrogens (primary N) is 3. The summed E-state index contributed by atoms with van der Waals surface area (Å²) >= 11 is 0. The first-order valence-corrected chi connectivity index (χ1v) is 12.5. The van der Waals surface area contributed by atoms with Gasteiger partial charge in [-0.25, -0.2) is 4.79 Å². The highest BCUT2D eigenvalue weighted by molar-refractivity contribution is 5.94. The number of hydrogen-bond donors (Lipinski definition) is 8. The molecule has 13 nitrogen and oxygen atoms in total. The molecule has 212 valence electrons. The molecule has 38 heavy (non-hydrogen) atoms. The first-order valence-electron chi connectivity index (χ1n) is 12.5. The summed E-state index contributed by atoms with van der Waals surface area (Å²) in [6, 6.07) is 1.39. The number of phenols is 1. The molecule has 0 bridgehead atoms. The first kappa shape index (κ1) is 32.3. The van der Waals surface area contributed by atoms with E-state index in [9.17, 15) is 34.2 Å². The van der Waals surface area contributed by atoms with Crippen LogP contribution in [-0.2, 0) is 30.4 Å². The molecule has 0 aromatic heterocycles. The maximum Gasteiger partial charge on any atom is 0.326 e. The smallest absolute Gasteiger partial charge is 0.326 e. The lowest BCUT2D eigenvalue weighted by atomic mass is 10.0. The van der Waals surface area contributed by atoms with E-state index >= 15 is 0 Å². The quantitative estimate of drug-likeness (QED) is 0.112. The molecule has 1 aromatic rings. The zero-order chi connectivity index (χ0) is 28.8. The van der Waals surface area contributed by atoms with E-state index in [1.807, 2.05) is 0 Å². The standard InChI is InChI=1S/C25H40N6O7/c1-14(2)21(28)24(36)31-19(13-15-6-8-16(32)9-7-15)23(35)29-17(10-11-20(27)33)22(34)30-18(25(37)38)5-3-4-12-26/h6-9,14,17-19,21,32H,3-5,10-13,26,28H2,1-2H3,(H2,27,33)(H,29,35)(H,30,34)(H,31,36)(H,37,38). The van der Waals surface area contributed by atoms with Crippen LogP contribution in [0.4, 0.5) is 0 Å². The van der Waals surface area contributed by atoms with Gasteiger partial charge in [0.1, 0.15) is 23.9 Å². The Hall–Kier alpha value is -3.71. The van der Waals surface area contributed by atoms with E-state index in [2.05, 4.69) is 16.0 Å². The van der Waals surface area contributed by atoms with E-state index in [1.54, 1.807) is 26.0 Å². The number of amides is 4. The summed E-state index contributed by atoms with van der Waals surface area (Å²) in [6.45, 7) is 3.86. The molecule has 0 radical (unpaired) electrons. The topological polar surface area (TPSA) is 240 Å². The number of aromatic hydroxyl groups is 1. The number of phenolic OH excluding ortho intramolecular Hbond substituents is 1. The molecule has 4 unspecified atom stereocenters. The SMILES string of the molecule is CC(C)C(N)C(=O)NC(Cc1ccc(O)cc1)C(=O)NC(CCC(N)=O)C(=O)NC(CCCCN)C(=O)O. The number of hydrogen-bond acceptors (Lipinski definition) is 8. The van der Waals surface area contributed by atoms with E-state index in [0.29, 0.717) is 24.9 Å². The average Bonchev–Trinajstić information content (AvgIpc) is 2.85. The van der Waals surface area contributed by atoms with Gasteiger partial charge in [-0.05, 0) is 55.8 Å². The lowest BCUT2D eigenvalue weighted by molar-refractivity contribution is -0.142. The van der Waals surface area contributed by atoms with Crippen molar-refractivity contribution in [3.05, 3.63) is 29.8 Å². The molecule has 1 aromatic carbocycles. The molecule has 0 aliphatic rings. The van der Waals surface area contributed by atoms with Crippen molar-refractivity contribution in [1.82, 2.24) is 16.0 Å². The second-order valence-electron chi connectivity index (χ2n) is 9.45. The van der Waals surface area contributed by atoms with Gasteiger partial charge in [0.05, 0.1) is 6.04 Å². The third-order valence-electron chi connectivity index (χ3n) is 5.90. The van der Waals surface area contributed by atoms with Gasteiger partial charge < -0.3 is 43.4 Å². The van der Waals surface area contributed by atoms with Crippen molar-refractivity contribution in [2.75, 3.05) is 6.54 Å². The number of carboxylic acid groups (broad SMARTS) is 1. The van der Waals surface area contributed by atoms with Crippen molar-refractivity contribution in [2.24, 2.45) is 23.1 Å². The van der Waals surface area contributed by atoms with Crippen molar-refractivity contribution in [2.45, 2.75) is 76.5 Å². The minimum Gasteiger partial charge on any atom is -0.508 e. The maximum atomic E-state index is 13.3. The van der Waals surface area contributed by atoms with E-state index < -0.39 is 53.8 Å². The highest BCUT2D eigenvalue weighted by atomic mass is 16.4. The van der Waals surface area contributed by atoms with E-state index in [-0.39, 0.29) is 37.4 Å². The zero-order valence-corrected chi connectivity index (χ0v) is 21.8. The fourth-order valence-corrected chi connectivity index (χ4v) is 3.50. The summed E-state index contributed by atoms with van der Waals surface area (Å²) in [4.78, 5) is 61.9. The lowest BCUT2D eigenvalue weighted by Gasteiger charge is -2.26. The molecule has 0 heterocycles. The molecule has 0 spiro atoms. The van der Waals surface area contributed by atoms with Gasteiger partial charge in [0, 0.05) is 12.8 Å². The normalized spacial score (nSPS) is 14.1. The average molecular weight is 537 g/mol. The van der Waals surface area contributed by atoms with Crippen LogP contribution in [-0.4, -0.2) is 70.5 Å². The highest BCUT2D eigenvalue weighted by Crippen LogP contribution is 2.13. The second kappa shape index (κ2) is 16.2. The van der Waals surface area contributed by atoms with Gasteiger partial charge in [-0.1, -0.05) is 26.0 Å². The van der Waals surface area contributed by atoms with E-state index in [1.165, 1.54) is 12.1 Å². The molecular formula is C25H40N6O7. The van der Waals surface area contributed by atoms with Crippen LogP contribution >= 0.6 is 0 Å². The predicted molar refractivity (Wildman–Crippen MR) is 139 cm³/mol. The third kappa shape index (κ3) is 11.6. The minimum absolute atomic E-state index is 0.00364. The molecule has 0 fully saturated rings. The Kier molecular flexibility index (Phi) is 13.8. The largest absolute Gasteiger partial charge is 0.508 e. The molecule has 4 amide bonds. The Balaban J connectivity index is 3.14. The number of carbonyl (C=O) groups excluding carboxylic acids is 4. The van der Waals surface area contributed by atoms with E-state index in [0.717, 1.165) is 0 Å². The monoisotopic (exact) mass is 536 g/mol. The van der Waals surface area contributed by atoms with Crippen LogP contribution in [0.5, 0.6) is 5.75 Å². The molecule has 0 saturated heterocycles. The molecular weight excluding hydrogens is 496 g/mol. The predicted octanol–water partition coefficient (Wildman–Crippen LogP) is -1.15. The van der Waals surface area contributed by atoms with Gasteiger partial charge in [0.15, 0.2) is 0 Å². The van der Waals surface area contributed by atoms with Crippen molar-refractivity contribution >= 4 is 29.6 Å². The number of carbonyl (C=O) groups is 5. The Morgan fingerprint density at radius 3 is 1.92 bits per heavy atom. The van der Waals surface area contributed by atoms with Gasteiger partial charge in [-0.15, -0.1) is 0 Å². The molecule has 11 N–H and O–H groups in total. The van der Waals surface area contributed by atoms with Crippen LogP contribution in [0, 0.1) is 5.92 Å². The van der Waals surface area contributed by atoms with Crippen LogP contribution in [0.3, 0.4) is 0 Å². The maximum absolute atomic E-state index is 13.3. The van der Waals surface area contributed by atoms with Gasteiger partial charge in [0.25, 0.3) is 0 Å². The van der Waals surface area contributed by atoms with Crippen molar-refractivity contribution in [1.29, 1.82) is 0 Å². The first-order chi connectivity index (χ1) is 17.8. The number of unbranched alkanes of at least 4 members (excludes halogenated alkanes) is 1. The molecule has 0 aliphatic heterocycles. The summed E-state index contributed by atoms with van der Waals surface area (Å²) < 4.78 is 0. The number of benzene rings is 1.